The molecular formula is C13H21N3O2. The third-order valence-electron chi connectivity index (χ3n) is 3.05. The number of nitrogens with two attached hydrogens (primary N) is 2. The van der Waals surface area contributed by atoms with Gasteiger partial charge >= 0.3 is 0 Å². The van der Waals surface area contributed by atoms with E-state index in [0.717, 1.165) is 45.0 Å². The van der Waals surface area contributed by atoms with E-state index in [1.807, 2.05) is 6.07 Å². The van der Waals surface area contributed by atoms with Gasteiger partial charge in [0.15, 0.2) is 0 Å². The lowest BCUT2D eigenvalue weighted by atomic mass is 10.2. The summed E-state index contributed by atoms with van der Waals surface area (Å²) in [7, 11) is 0. The number of nitrogen functional groups attached to an aromatic ring is 2. The molecular weight excluding hydrogens is 230 g/mol. The summed E-state index contributed by atoms with van der Waals surface area (Å²) < 4.78 is 10.9. The van der Waals surface area contributed by atoms with Crippen molar-refractivity contribution in [3.63, 3.8) is 0 Å². The Hall–Kier alpha value is -1.46. The van der Waals surface area contributed by atoms with Gasteiger partial charge in [0.05, 0.1) is 31.2 Å². The summed E-state index contributed by atoms with van der Waals surface area (Å²) in [6.45, 7) is 5.48. The smallest absolute Gasteiger partial charge is 0.121 e. The molecule has 2 rings (SSSR count). The Kier molecular flexibility index (Phi) is 4.66. The monoisotopic (exact) mass is 251 g/mol. The zero-order valence-corrected chi connectivity index (χ0v) is 10.6. The molecule has 0 spiro atoms. The van der Waals surface area contributed by atoms with E-state index in [1.165, 1.54) is 0 Å². The molecule has 5 nitrogen and oxygen atoms in total. The van der Waals surface area contributed by atoms with Crippen LogP contribution in [0.15, 0.2) is 18.2 Å². The number of ether oxygens (including phenoxy) is 2. The Balaban J connectivity index is 1.66. The first-order valence-corrected chi connectivity index (χ1v) is 6.33. The van der Waals surface area contributed by atoms with E-state index in [4.69, 9.17) is 20.9 Å². The van der Waals surface area contributed by atoms with Gasteiger partial charge in [-0.3, -0.25) is 4.90 Å². The fourth-order valence-electron chi connectivity index (χ4n) is 1.95. The quantitative estimate of drug-likeness (QED) is 0.602. The minimum absolute atomic E-state index is 0.570. The van der Waals surface area contributed by atoms with E-state index in [-0.39, 0.29) is 0 Å². The van der Waals surface area contributed by atoms with Gasteiger partial charge in [0.25, 0.3) is 0 Å². The van der Waals surface area contributed by atoms with Gasteiger partial charge in [0.2, 0.25) is 0 Å². The molecule has 1 aromatic rings. The summed E-state index contributed by atoms with van der Waals surface area (Å²) in [6.07, 6.45) is 1.00. The minimum atomic E-state index is 0.570. The first-order chi connectivity index (χ1) is 8.75. The molecule has 0 aliphatic carbocycles. The zero-order valence-electron chi connectivity index (χ0n) is 10.6. The summed E-state index contributed by atoms with van der Waals surface area (Å²) in [5.41, 5.74) is 12.5. The van der Waals surface area contributed by atoms with E-state index in [2.05, 4.69) is 4.90 Å². The summed E-state index contributed by atoms with van der Waals surface area (Å²) >= 11 is 0. The first-order valence-electron chi connectivity index (χ1n) is 6.33. The summed E-state index contributed by atoms with van der Waals surface area (Å²) in [5, 5.41) is 0. The molecule has 4 N–H and O–H groups in total. The molecule has 1 fully saturated rings. The maximum atomic E-state index is 5.71. The van der Waals surface area contributed by atoms with Crippen LogP contribution in [0.25, 0.3) is 0 Å². The van der Waals surface area contributed by atoms with Crippen molar-refractivity contribution in [2.45, 2.75) is 6.42 Å². The van der Waals surface area contributed by atoms with Crippen LogP contribution < -0.4 is 16.2 Å². The highest BCUT2D eigenvalue weighted by Gasteiger charge is 2.09. The number of anilines is 2. The van der Waals surface area contributed by atoms with Crippen LogP contribution in [0.2, 0.25) is 0 Å². The second kappa shape index (κ2) is 6.47. The van der Waals surface area contributed by atoms with Gasteiger partial charge in [0.1, 0.15) is 5.75 Å². The van der Waals surface area contributed by atoms with Crippen molar-refractivity contribution in [2.75, 3.05) is 50.9 Å². The van der Waals surface area contributed by atoms with Crippen LogP contribution >= 0.6 is 0 Å². The molecule has 1 heterocycles. The average molecular weight is 251 g/mol. The first kappa shape index (κ1) is 13.0. The zero-order chi connectivity index (χ0) is 12.8. The molecule has 18 heavy (non-hydrogen) atoms. The van der Waals surface area contributed by atoms with Crippen molar-refractivity contribution in [1.82, 2.24) is 4.90 Å². The van der Waals surface area contributed by atoms with Crippen LogP contribution in [0.3, 0.4) is 0 Å². The Morgan fingerprint density at radius 3 is 2.67 bits per heavy atom. The largest absolute Gasteiger partial charge is 0.493 e. The highest BCUT2D eigenvalue weighted by Crippen LogP contribution is 2.21. The van der Waals surface area contributed by atoms with Crippen molar-refractivity contribution in [3.8, 4) is 5.75 Å². The molecule has 1 aliphatic rings. The van der Waals surface area contributed by atoms with Gasteiger partial charge in [0, 0.05) is 25.7 Å². The maximum Gasteiger partial charge on any atom is 0.121 e. The van der Waals surface area contributed by atoms with Crippen molar-refractivity contribution in [3.05, 3.63) is 18.2 Å². The second-order valence-corrected chi connectivity index (χ2v) is 4.45. The highest BCUT2D eigenvalue weighted by atomic mass is 16.5. The number of rotatable bonds is 5. The molecule has 0 atom stereocenters. The maximum absolute atomic E-state index is 5.71. The molecule has 1 aliphatic heterocycles. The normalized spacial score (nSPS) is 16.7. The fraction of sp³-hybridized carbons (Fsp3) is 0.538. The van der Waals surface area contributed by atoms with Gasteiger partial charge in [-0.25, -0.2) is 0 Å². The number of morpholine rings is 1. The molecule has 0 radical (unpaired) electrons. The van der Waals surface area contributed by atoms with Crippen LogP contribution in [-0.4, -0.2) is 44.4 Å². The molecule has 1 aromatic carbocycles. The molecule has 0 bridgehead atoms. The van der Waals surface area contributed by atoms with E-state index >= 15 is 0 Å². The van der Waals surface area contributed by atoms with Gasteiger partial charge in [-0.1, -0.05) is 0 Å². The SMILES string of the molecule is Nc1ccc(OCCCN2CCOCC2)cc1N. The third-order valence-corrected chi connectivity index (χ3v) is 3.05. The van der Waals surface area contributed by atoms with Crippen LogP contribution in [0.4, 0.5) is 11.4 Å². The van der Waals surface area contributed by atoms with Crippen LogP contribution in [0.1, 0.15) is 6.42 Å². The lowest BCUT2D eigenvalue weighted by molar-refractivity contribution is 0.0358. The molecule has 1 saturated heterocycles. The number of hydrogen-bond donors (Lipinski definition) is 2. The number of nitrogens with zero attached hydrogens (tertiary/aromatic N) is 1. The molecule has 100 valence electrons. The second-order valence-electron chi connectivity index (χ2n) is 4.45. The van der Waals surface area contributed by atoms with E-state index in [1.54, 1.807) is 12.1 Å². The molecule has 0 saturated carbocycles. The average Bonchev–Trinajstić information content (AvgIpc) is 2.40. The van der Waals surface area contributed by atoms with Gasteiger partial charge in [-0.2, -0.15) is 0 Å². The van der Waals surface area contributed by atoms with E-state index in [9.17, 15) is 0 Å². The van der Waals surface area contributed by atoms with Crippen molar-refractivity contribution >= 4 is 11.4 Å². The third kappa shape index (κ3) is 3.78. The summed E-state index contributed by atoms with van der Waals surface area (Å²) in [6, 6.07) is 5.39. The molecule has 0 unspecified atom stereocenters. The Morgan fingerprint density at radius 2 is 1.94 bits per heavy atom. The predicted molar refractivity (Wildman–Crippen MR) is 72.6 cm³/mol. The molecule has 5 heteroatoms. The topological polar surface area (TPSA) is 73.7 Å². The highest BCUT2D eigenvalue weighted by molar-refractivity contribution is 5.65. The minimum Gasteiger partial charge on any atom is -0.493 e. The Labute approximate surface area is 108 Å². The Bertz CT molecular complexity index is 378. The van der Waals surface area contributed by atoms with Crippen LogP contribution in [0.5, 0.6) is 5.75 Å². The lowest BCUT2D eigenvalue weighted by Crippen LogP contribution is -2.37. The standard InChI is InChI=1S/C13H21N3O2/c14-12-3-2-11(10-13(12)15)18-7-1-4-16-5-8-17-9-6-16/h2-3,10H,1,4-9,14-15H2. The lowest BCUT2D eigenvalue weighted by Gasteiger charge is -2.26. The summed E-state index contributed by atoms with van der Waals surface area (Å²) in [5.74, 6) is 0.781. The number of hydrogen-bond acceptors (Lipinski definition) is 5. The van der Waals surface area contributed by atoms with Crippen molar-refractivity contribution in [2.24, 2.45) is 0 Å². The predicted octanol–water partition coefficient (Wildman–Crippen LogP) is 0.952. The fourth-order valence-corrected chi connectivity index (χ4v) is 1.95. The molecule has 0 aromatic heterocycles. The van der Waals surface area contributed by atoms with Crippen molar-refractivity contribution in [1.29, 1.82) is 0 Å². The van der Waals surface area contributed by atoms with E-state index in [0.29, 0.717) is 18.0 Å². The van der Waals surface area contributed by atoms with E-state index < -0.39 is 0 Å². The van der Waals surface area contributed by atoms with Gasteiger partial charge < -0.3 is 20.9 Å². The van der Waals surface area contributed by atoms with Gasteiger partial charge in [-0.05, 0) is 18.6 Å². The van der Waals surface area contributed by atoms with Crippen LogP contribution in [0, 0.1) is 0 Å². The number of benzene rings is 1. The molecule has 0 amide bonds. The van der Waals surface area contributed by atoms with Crippen molar-refractivity contribution < 1.29 is 9.47 Å². The summed E-state index contributed by atoms with van der Waals surface area (Å²) in [4.78, 5) is 2.39. The van der Waals surface area contributed by atoms with Gasteiger partial charge in [-0.15, -0.1) is 0 Å². The Morgan fingerprint density at radius 1 is 1.17 bits per heavy atom. The van der Waals surface area contributed by atoms with Crippen LogP contribution in [-0.2, 0) is 4.74 Å².